The molecule has 0 aliphatic heterocycles. The molecule has 0 saturated heterocycles. The van der Waals surface area contributed by atoms with Gasteiger partial charge in [0, 0.05) is 12.1 Å². The Kier molecular flexibility index (Phi) is 17.2. The molecule has 0 aromatic heterocycles. The Bertz CT molecular complexity index is 512. The first-order valence-electron chi connectivity index (χ1n) is 12.8. The van der Waals surface area contributed by atoms with E-state index < -0.39 is 0 Å². The van der Waals surface area contributed by atoms with Crippen molar-refractivity contribution < 1.29 is 9.90 Å². The molecule has 0 spiro atoms. The van der Waals surface area contributed by atoms with Crippen LogP contribution < -0.4 is 5.32 Å². The van der Waals surface area contributed by atoms with Crippen molar-refractivity contribution >= 4 is 5.91 Å². The van der Waals surface area contributed by atoms with E-state index >= 15 is 0 Å². The molecule has 1 rings (SSSR count). The molecule has 172 valence electrons. The first kappa shape index (κ1) is 26.5. The van der Waals surface area contributed by atoms with Crippen LogP contribution in [0.5, 0.6) is 5.75 Å². The van der Waals surface area contributed by atoms with Crippen LogP contribution in [0.25, 0.3) is 0 Å². The molecule has 1 amide bonds. The number of nitrogens with one attached hydrogen (secondary N) is 1. The smallest absolute Gasteiger partial charge is 0.251 e. The molecule has 1 aromatic rings. The molecule has 0 atom stereocenters. The lowest BCUT2D eigenvalue weighted by atomic mass is 10.0. The van der Waals surface area contributed by atoms with Crippen molar-refractivity contribution in [2.75, 3.05) is 6.54 Å². The Morgan fingerprint density at radius 2 is 1.00 bits per heavy atom. The van der Waals surface area contributed by atoms with E-state index in [1.807, 2.05) is 0 Å². The predicted molar refractivity (Wildman–Crippen MR) is 129 cm³/mol. The minimum atomic E-state index is -0.0537. The summed E-state index contributed by atoms with van der Waals surface area (Å²) in [6, 6.07) is 6.40. The van der Waals surface area contributed by atoms with Gasteiger partial charge in [-0.2, -0.15) is 0 Å². The lowest BCUT2D eigenvalue weighted by Gasteiger charge is -2.06. The van der Waals surface area contributed by atoms with Gasteiger partial charge < -0.3 is 10.4 Å². The average molecular weight is 418 g/mol. The molecule has 1 aromatic carbocycles. The highest BCUT2D eigenvalue weighted by atomic mass is 16.3. The van der Waals surface area contributed by atoms with Crippen LogP contribution in [0.1, 0.15) is 133 Å². The summed E-state index contributed by atoms with van der Waals surface area (Å²) in [5, 5.41) is 12.2. The van der Waals surface area contributed by atoms with Gasteiger partial charge in [-0.05, 0) is 30.7 Å². The van der Waals surface area contributed by atoms with Gasteiger partial charge in [0.25, 0.3) is 5.91 Å². The normalized spacial score (nSPS) is 11.0. The van der Waals surface area contributed by atoms with Crippen LogP contribution in [0.15, 0.2) is 24.3 Å². The highest BCUT2D eigenvalue weighted by molar-refractivity contribution is 5.94. The van der Waals surface area contributed by atoms with Crippen molar-refractivity contribution in [2.24, 2.45) is 0 Å². The SMILES string of the molecule is CCCCCCCCCCCCCCCCCCCCNC(=O)c1ccc(O)cc1. The average Bonchev–Trinajstić information content (AvgIpc) is 2.75. The van der Waals surface area contributed by atoms with Crippen molar-refractivity contribution in [3.63, 3.8) is 0 Å². The molecule has 0 bridgehead atoms. The van der Waals surface area contributed by atoms with E-state index in [1.54, 1.807) is 24.3 Å². The van der Waals surface area contributed by atoms with Crippen molar-refractivity contribution in [1.29, 1.82) is 0 Å². The maximum absolute atomic E-state index is 11.9. The molecule has 0 aliphatic carbocycles. The largest absolute Gasteiger partial charge is 0.508 e. The van der Waals surface area contributed by atoms with Gasteiger partial charge in [-0.25, -0.2) is 0 Å². The Morgan fingerprint density at radius 3 is 1.40 bits per heavy atom. The summed E-state index contributed by atoms with van der Waals surface area (Å²) in [7, 11) is 0. The summed E-state index contributed by atoms with van der Waals surface area (Å²) in [5.74, 6) is 0.136. The van der Waals surface area contributed by atoms with Crippen molar-refractivity contribution in [3.05, 3.63) is 29.8 Å². The number of phenolic OH excluding ortho intramolecular Hbond substituents is 1. The Hall–Kier alpha value is -1.51. The van der Waals surface area contributed by atoms with Gasteiger partial charge in [-0.15, -0.1) is 0 Å². The van der Waals surface area contributed by atoms with Gasteiger partial charge in [0.15, 0.2) is 0 Å². The second-order valence-corrected chi connectivity index (χ2v) is 8.81. The maximum Gasteiger partial charge on any atom is 0.251 e. The fourth-order valence-electron chi connectivity index (χ4n) is 3.94. The zero-order chi connectivity index (χ0) is 21.7. The third kappa shape index (κ3) is 15.3. The molecule has 0 aliphatic rings. The van der Waals surface area contributed by atoms with Gasteiger partial charge in [-0.3, -0.25) is 4.79 Å². The zero-order valence-corrected chi connectivity index (χ0v) is 19.6. The summed E-state index contributed by atoms with van der Waals surface area (Å²) in [6.45, 7) is 3.02. The van der Waals surface area contributed by atoms with Gasteiger partial charge in [0.05, 0.1) is 0 Å². The van der Waals surface area contributed by atoms with E-state index in [-0.39, 0.29) is 11.7 Å². The Morgan fingerprint density at radius 1 is 0.633 bits per heavy atom. The minimum absolute atomic E-state index is 0.0537. The third-order valence-corrected chi connectivity index (χ3v) is 5.95. The highest BCUT2D eigenvalue weighted by Gasteiger charge is 2.04. The molecule has 0 saturated carbocycles. The van der Waals surface area contributed by atoms with Crippen LogP contribution >= 0.6 is 0 Å². The predicted octanol–water partition coefficient (Wildman–Crippen LogP) is 8.16. The van der Waals surface area contributed by atoms with E-state index in [1.165, 1.54) is 109 Å². The molecule has 0 unspecified atom stereocenters. The summed E-state index contributed by atoms with van der Waals surface area (Å²) < 4.78 is 0. The number of amides is 1. The van der Waals surface area contributed by atoms with E-state index in [0.29, 0.717) is 5.56 Å². The zero-order valence-electron chi connectivity index (χ0n) is 19.6. The van der Waals surface area contributed by atoms with Crippen LogP contribution in [0.2, 0.25) is 0 Å². The van der Waals surface area contributed by atoms with E-state index in [0.717, 1.165) is 13.0 Å². The van der Waals surface area contributed by atoms with Crippen LogP contribution in [-0.4, -0.2) is 17.6 Å². The van der Waals surface area contributed by atoms with Gasteiger partial charge in [0.2, 0.25) is 0 Å². The van der Waals surface area contributed by atoms with E-state index in [4.69, 9.17) is 0 Å². The number of hydrogen-bond acceptors (Lipinski definition) is 2. The second kappa shape index (κ2) is 19.5. The summed E-state index contributed by atoms with van der Waals surface area (Å²) in [5.41, 5.74) is 0.607. The summed E-state index contributed by atoms with van der Waals surface area (Å²) >= 11 is 0. The topological polar surface area (TPSA) is 49.3 Å². The number of unbranched alkanes of at least 4 members (excludes halogenated alkanes) is 17. The van der Waals surface area contributed by atoms with Crippen LogP contribution in [-0.2, 0) is 0 Å². The molecule has 3 heteroatoms. The molecule has 2 N–H and O–H groups in total. The first-order valence-corrected chi connectivity index (χ1v) is 12.8. The number of benzene rings is 1. The van der Waals surface area contributed by atoms with E-state index in [9.17, 15) is 9.90 Å². The molecule has 30 heavy (non-hydrogen) atoms. The van der Waals surface area contributed by atoms with Gasteiger partial charge in [0.1, 0.15) is 5.75 Å². The standard InChI is InChI=1S/C27H47NO2/c1-2-3-4-5-6-7-8-9-10-11-12-13-14-15-16-17-18-19-24-28-27(30)25-20-22-26(29)23-21-25/h20-23,29H,2-19,24H2,1H3,(H,28,30). The minimum Gasteiger partial charge on any atom is -0.508 e. The molecular weight excluding hydrogens is 370 g/mol. The highest BCUT2D eigenvalue weighted by Crippen LogP contribution is 2.14. The fraction of sp³-hybridized carbons (Fsp3) is 0.741. The second-order valence-electron chi connectivity index (χ2n) is 8.81. The molecular formula is C27H47NO2. The van der Waals surface area contributed by atoms with Crippen molar-refractivity contribution in [3.8, 4) is 5.75 Å². The molecule has 3 nitrogen and oxygen atoms in total. The summed E-state index contributed by atoms with van der Waals surface area (Å²) in [6.07, 6.45) is 24.7. The Balaban J connectivity index is 1.75. The van der Waals surface area contributed by atoms with Crippen molar-refractivity contribution in [1.82, 2.24) is 5.32 Å². The third-order valence-electron chi connectivity index (χ3n) is 5.95. The van der Waals surface area contributed by atoms with Gasteiger partial charge >= 0.3 is 0 Å². The van der Waals surface area contributed by atoms with Crippen molar-refractivity contribution in [2.45, 2.75) is 122 Å². The number of aromatic hydroxyl groups is 1. The van der Waals surface area contributed by atoms with E-state index in [2.05, 4.69) is 12.2 Å². The lowest BCUT2D eigenvalue weighted by molar-refractivity contribution is 0.0953. The van der Waals surface area contributed by atoms with Crippen LogP contribution in [0, 0.1) is 0 Å². The van der Waals surface area contributed by atoms with Crippen LogP contribution in [0.3, 0.4) is 0 Å². The fourth-order valence-corrected chi connectivity index (χ4v) is 3.94. The number of rotatable bonds is 20. The summed E-state index contributed by atoms with van der Waals surface area (Å²) in [4.78, 5) is 11.9. The quantitative estimate of drug-likeness (QED) is 0.210. The van der Waals surface area contributed by atoms with Crippen LogP contribution in [0.4, 0.5) is 0 Å². The molecule has 0 heterocycles. The lowest BCUT2D eigenvalue weighted by Crippen LogP contribution is -2.24. The monoisotopic (exact) mass is 417 g/mol. The number of carbonyl (C=O) groups is 1. The number of phenols is 1. The first-order chi connectivity index (χ1) is 14.7. The maximum atomic E-state index is 11.9. The Labute approximate surface area is 186 Å². The number of hydrogen-bond donors (Lipinski definition) is 2. The van der Waals surface area contributed by atoms with Gasteiger partial charge in [-0.1, -0.05) is 116 Å². The molecule has 0 fully saturated rings. The molecule has 0 radical (unpaired) electrons. The number of carbonyl (C=O) groups excluding carboxylic acids is 1.